The zero-order valence-electron chi connectivity index (χ0n) is 18.6. The molecule has 174 valence electrons. The molecule has 0 aromatic carbocycles. The van der Waals surface area contributed by atoms with Gasteiger partial charge in [-0.2, -0.15) is 0 Å². The highest BCUT2D eigenvalue weighted by molar-refractivity contribution is 6.33. The van der Waals surface area contributed by atoms with Gasteiger partial charge < -0.3 is 29.0 Å². The molecule has 1 N–H and O–H groups in total. The molecule has 0 radical (unpaired) electrons. The van der Waals surface area contributed by atoms with E-state index in [2.05, 4.69) is 20.1 Å². The lowest BCUT2D eigenvalue weighted by atomic mass is 9.92. The normalized spacial score (nSPS) is 28.3. The number of Topliss-reactive ketones (excluding diaryl/α,β-unsaturated/α-hetero) is 1. The van der Waals surface area contributed by atoms with Crippen LogP contribution in [0.4, 0.5) is 0 Å². The van der Waals surface area contributed by atoms with Crippen molar-refractivity contribution in [1.82, 2.24) is 5.32 Å². The SMILES string of the molecule is COC(=O)C(=O)CC[C@H](N=[N+]=[N-])[C@@H](NC(C)=O)[C@H]1OC(C)(C)O[C@@H]1[C@H]1COC(C)(C)O1. The summed E-state index contributed by atoms with van der Waals surface area (Å²) in [5.74, 6) is -3.97. The first-order chi connectivity index (χ1) is 14.4. The quantitative estimate of drug-likeness (QED) is 0.184. The molecule has 12 heteroatoms. The Bertz CT molecular complexity index is 749. The fourth-order valence-corrected chi connectivity index (χ4v) is 3.76. The van der Waals surface area contributed by atoms with Crippen LogP contribution in [-0.2, 0) is 38.1 Å². The molecule has 0 aliphatic carbocycles. The first kappa shape index (κ1) is 25.0. The van der Waals surface area contributed by atoms with Crippen molar-refractivity contribution in [2.45, 2.75) is 89.4 Å². The maximum atomic E-state index is 12.0. The van der Waals surface area contributed by atoms with Crippen LogP contribution >= 0.6 is 0 Å². The van der Waals surface area contributed by atoms with Gasteiger partial charge in [0, 0.05) is 18.3 Å². The molecule has 2 rings (SSSR count). The molecule has 2 fully saturated rings. The van der Waals surface area contributed by atoms with E-state index < -0.39 is 59.6 Å². The Hall–Kier alpha value is -2.24. The topological polar surface area (TPSA) is 158 Å². The number of azide groups is 1. The van der Waals surface area contributed by atoms with Gasteiger partial charge in [-0.25, -0.2) is 4.79 Å². The number of rotatable bonds is 9. The number of carbonyl (C=O) groups excluding carboxylic acids is 3. The second-order valence-electron chi connectivity index (χ2n) is 8.38. The predicted molar refractivity (Wildman–Crippen MR) is 106 cm³/mol. The molecule has 2 aliphatic heterocycles. The molecule has 2 saturated heterocycles. The maximum Gasteiger partial charge on any atom is 0.374 e. The number of hydrogen-bond donors (Lipinski definition) is 1. The number of hydrogen-bond acceptors (Lipinski definition) is 9. The Balaban J connectivity index is 2.31. The van der Waals surface area contributed by atoms with E-state index in [1.165, 1.54) is 6.92 Å². The van der Waals surface area contributed by atoms with Crippen LogP contribution in [-0.4, -0.2) is 73.3 Å². The van der Waals surface area contributed by atoms with Crippen LogP contribution in [0.2, 0.25) is 0 Å². The van der Waals surface area contributed by atoms with Gasteiger partial charge in [0.15, 0.2) is 11.6 Å². The lowest BCUT2D eigenvalue weighted by Gasteiger charge is -2.33. The molecule has 12 nitrogen and oxygen atoms in total. The van der Waals surface area contributed by atoms with Crippen molar-refractivity contribution in [2.75, 3.05) is 13.7 Å². The van der Waals surface area contributed by atoms with Crippen molar-refractivity contribution in [1.29, 1.82) is 0 Å². The van der Waals surface area contributed by atoms with Gasteiger partial charge in [-0.3, -0.25) is 9.59 Å². The molecular formula is C19H30N4O8. The monoisotopic (exact) mass is 442 g/mol. The number of carbonyl (C=O) groups is 3. The highest BCUT2D eigenvalue weighted by Gasteiger charge is 2.53. The summed E-state index contributed by atoms with van der Waals surface area (Å²) in [5.41, 5.74) is 9.08. The van der Waals surface area contributed by atoms with Crippen molar-refractivity contribution in [2.24, 2.45) is 5.11 Å². The van der Waals surface area contributed by atoms with E-state index in [0.717, 1.165) is 7.11 Å². The number of esters is 1. The molecule has 2 heterocycles. The third kappa shape index (κ3) is 6.62. The Labute approximate surface area is 180 Å². The van der Waals surface area contributed by atoms with Gasteiger partial charge in [-0.15, -0.1) is 0 Å². The number of nitrogens with one attached hydrogen (secondary N) is 1. The number of ketones is 1. The second-order valence-corrected chi connectivity index (χ2v) is 8.38. The summed E-state index contributed by atoms with van der Waals surface area (Å²) in [6, 6.07) is -1.75. The summed E-state index contributed by atoms with van der Waals surface area (Å²) in [5, 5.41) is 6.52. The lowest BCUT2D eigenvalue weighted by Crippen LogP contribution is -2.55. The molecule has 0 saturated carbocycles. The molecule has 2 aliphatic rings. The van der Waals surface area contributed by atoms with Crippen LogP contribution in [0.25, 0.3) is 10.4 Å². The van der Waals surface area contributed by atoms with Crippen molar-refractivity contribution in [3.8, 4) is 0 Å². The average molecular weight is 442 g/mol. The zero-order chi connectivity index (χ0) is 23.4. The Morgan fingerprint density at radius 2 is 1.87 bits per heavy atom. The smallest absolute Gasteiger partial charge is 0.374 e. The minimum Gasteiger partial charge on any atom is -0.463 e. The van der Waals surface area contributed by atoms with Gasteiger partial charge >= 0.3 is 5.97 Å². The molecule has 31 heavy (non-hydrogen) atoms. The summed E-state index contributed by atoms with van der Waals surface area (Å²) >= 11 is 0. The van der Waals surface area contributed by atoms with Gasteiger partial charge in [0.1, 0.15) is 18.3 Å². The minimum atomic E-state index is -1.01. The summed E-state index contributed by atoms with van der Waals surface area (Å²) in [7, 11) is 1.10. The van der Waals surface area contributed by atoms with E-state index in [1.807, 2.05) is 0 Å². The molecule has 0 aromatic heterocycles. The largest absolute Gasteiger partial charge is 0.463 e. The predicted octanol–water partition coefficient (Wildman–Crippen LogP) is 1.36. The van der Waals surface area contributed by atoms with E-state index in [0.29, 0.717) is 0 Å². The summed E-state index contributed by atoms with van der Waals surface area (Å²) in [6.45, 7) is 8.54. The van der Waals surface area contributed by atoms with Crippen LogP contribution in [0.1, 0.15) is 47.5 Å². The van der Waals surface area contributed by atoms with Crippen molar-refractivity contribution in [3.63, 3.8) is 0 Å². The number of methoxy groups -OCH3 is 1. The molecule has 0 unspecified atom stereocenters. The van der Waals surface area contributed by atoms with Gasteiger partial charge in [0.2, 0.25) is 11.7 Å². The van der Waals surface area contributed by atoms with E-state index in [1.54, 1.807) is 27.7 Å². The summed E-state index contributed by atoms with van der Waals surface area (Å²) in [4.78, 5) is 38.2. The molecule has 0 aromatic rings. The molecule has 0 spiro atoms. The van der Waals surface area contributed by atoms with Crippen LogP contribution in [0.3, 0.4) is 0 Å². The molecule has 0 bridgehead atoms. The fourth-order valence-electron chi connectivity index (χ4n) is 3.76. The Morgan fingerprint density at radius 3 is 2.39 bits per heavy atom. The molecule has 5 atom stereocenters. The van der Waals surface area contributed by atoms with E-state index in [9.17, 15) is 14.4 Å². The summed E-state index contributed by atoms with van der Waals surface area (Å²) < 4.78 is 28.1. The first-order valence-electron chi connectivity index (χ1n) is 9.99. The molecule has 1 amide bonds. The van der Waals surface area contributed by atoms with Crippen molar-refractivity contribution >= 4 is 17.7 Å². The second kappa shape index (κ2) is 9.92. The van der Waals surface area contributed by atoms with Crippen LogP contribution in [0.15, 0.2) is 5.11 Å². The van der Waals surface area contributed by atoms with Crippen LogP contribution in [0.5, 0.6) is 0 Å². The van der Waals surface area contributed by atoms with Crippen LogP contribution in [0, 0.1) is 0 Å². The molecular weight excluding hydrogens is 412 g/mol. The van der Waals surface area contributed by atoms with Crippen molar-refractivity contribution < 1.29 is 38.1 Å². The average Bonchev–Trinajstić information content (AvgIpc) is 3.20. The number of nitrogens with zero attached hydrogens (tertiary/aromatic N) is 3. The number of ether oxygens (including phenoxy) is 5. The third-order valence-electron chi connectivity index (χ3n) is 4.98. The number of amides is 1. The summed E-state index contributed by atoms with van der Waals surface area (Å²) in [6.07, 6.45) is -2.17. The third-order valence-corrected chi connectivity index (χ3v) is 4.98. The maximum absolute atomic E-state index is 12.0. The van der Waals surface area contributed by atoms with Gasteiger partial charge in [-0.05, 0) is 39.6 Å². The first-order valence-corrected chi connectivity index (χ1v) is 9.99. The fraction of sp³-hybridized carbons (Fsp3) is 0.842. The van der Waals surface area contributed by atoms with Crippen molar-refractivity contribution in [3.05, 3.63) is 10.4 Å². The zero-order valence-corrected chi connectivity index (χ0v) is 18.6. The minimum absolute atomic E-state index is 0.0105. The highest BCUT2D eigenvalue weighted by atomic mass is 16.8. The van der Waals surface area contributed by atoms with Gasteiger partial charge in [0.25, 0.3) is 0 Å². The van der Waals surface area contributed by atoms with E-state index in [-0.39, 0.29) is 19.4 Å². The van der Waals surface area contributed by atoms with Crippen LogP contribution < -0.4 is 5.32 Å². The van der Waals surface area contributed by atoms with Gasteiger partial charge in [-0.1, -0.05) is 5.11 Å². The lowest BCUT2D eigenvalue weighted by molar-refractivity contribution is -0.175. The standard InChI is InChI=1S/C19H30N4O8/c1-10(24)21-14(11(22-23-20)7-8-12(25)17(26)27-6)16-15(30-19(4,5)31-16)13-9-28-18(2,3)29-13/h11,13-16H,7-9H2,1-6H3,(H,21,24)/t11-,13+,14+,15+,16+/m0/s1. The highest BCUT2D eigenvalue weighted by Crippen LogP contribution is 2.38. The Morgan fingerprint density at radius 1 is 1.19 bits per heavy atom. The van der Waals surface area contributed by atoms with E-state index >= 15 is 0 Å². The van der Waals surface area contributed by atoms with E-state index in [4.69, 9.17) is 24.5 Å². The Kier molecular flexibility index (Phi) is 8.01. The van der Waals surface area contributed by atoms with Gasteiger partial charge in [0.05, 0.1) is 25.8 Å².